The van der Waals surface area contributed by atoms with Gasteiger partial charge in [0, 0.05) is 13.7 Å². The molecule has 2 rings (SSSR count). The number of hydrogen-bond acceptors (Lipinski definition) is 5. The predicted octanol–water partition coefficient (Wildman–Crippen LogP) is -0.0581. The molecule has 1 aliphatic rings. The Morgan fingerprint density at radius 2 is 1.92 bits per heavy atom. The number of hydrogen-bond donors (Lipinski definition) is 2. The summed E-state index contributed by atoms with van der Waals surface area (Å²) in [4.78, 5) is 23.6. The van der Waals surface area contributed by atoms with E-state index < -0.39 is 34.5 Å². The van der Waals surface area contributed by atoms with Gasteiger partial charge in [0.1, 0.15) is 6.10 Å². The second-order valence-corrected chi connectivity index (χ2v) is 7.66. The van der Waals surface area contributed by atoms with E-state index in [1.807, 2.05) is 6.92 Å². The van der Waals surface area contributed by atoms with E-state index in [-0.39, 0.29) is 4.90 Å². The van der Waals surface area contributed by atoms with Crippen LogP contribution >= 0.6 is 0 Å². The van der Waals surface area contributed by atoms with Crippen LogP contribution in [0.3, 0.4) is 0 Å². The van der Waals surface area contributed by atoms with Gasteiger partial charge in [-0.15, -0.1) is 0 Å². The van der Waals surface area contributed by atoms with E-state index in [4.69, 9.17) is 4.74 Å². The quantitative estimate of drug-likeness (QED) is 0.720. The van der Waals surface area contributed by atoms with Gasteiger partial charge in [-0.05, 0) is 31.9 Å². The summed E-state index contributed by atoms with van der Waals surface area (Å²) in [5.41, 5.74) is 5.38. The minimum Gasteiger partial charge on any atom is -0.368 e. The number of aryl methyl sites for hydroxylation is 1. The standard InChI is InChI=1S/C15H21N3O5S/c1-11-5-7-12(8-6-11)24(21,22)18(2)10-14(19)16-17-15(20)13-4-3-9-23-13/h5-8,13H,3-4,9-10H2,1-2H3,(H,16,19)(H,17,20)/t13-/m0/s1. The van der Waals surface area contributed by atoms with Crippen molar-refractivity contribution in [1.29, 1.82) is 0 Å². The summed E-state index contributed by atoms with van der Waals surface area (Å²) in [5, 5.41) is 0. The summed E-state index contributed by atoms with van der Waals surface area (Å²) in [6.45, 7) is 1.95. The Morgan fingerprint density at radius 1 is 1.25 bits per heavy atom. The molecule has 132 valence electrons. The molecule has 1 saturated heterocycles. The molecule has 8 nitrogen and oxygen atoms in total. The number of carbonyl (C=O) groups is 2. The van der Waals surface area contributed by atoms with Crippen LogP contribution in [-0.2, 0) is 24.3 Å². The molecule has 0 spiro atoms. The molecule has 0 unspecified atom stereocenters. The number of likely N-dealkylation sites (N-methyl/N-ethyl adjacent to an activating group) is 1. The van der Waals surface area contributed by atoms with Gasteiger partial charge in [0.25, 0.3) is 11.8 Å². The number of nitrogens with one attached hydrogen (secondary N) is 2. The number of hydrazine groups is 1. The Kier molecular flexibility index (Phi) is 5.92. The normalized spacial score (nSPS) is 17.7. The lowest BCUT2D eigenvalue weighted by Gasteiger charge is -2.17. The van der Waals surface area contributed by atoms with Crippen molar-refractivity contribution in [2.75, 3.05) is 20.2 Å². The highest BCUT2D eigenvalue weighted by molar-refractivity contribution is 7.89. The highest BCUT2D eigenvalue weighted by Crippen LogP contribution is 2.14. The molecule has 0 bridgehead atoms. The van der Waals surface area contributed by atoms with Crippen molar-refractivity contribution < 1.29 is 22.7 Å². The molecular formula is C15H21N3O5S. The Bertz CT molecular complexity index is 696. The van der Waals surface area contributed by atoms with Crippen LogP contribution in [0.15, 0.2) is 29.2 Å². The first-order valence-electron chi connectivity index (χ1n) is 7.54. The zero-order chi connectivity index (χ0) is 17.7. The van der Waals surface area contributed by atoms with E-state index in [2.05, 4.69) is 10.9 Å². The maximum absolute atomic E-state index is 12.4. The molecule has 1 aromatic rings. The van der Waals surface area contributed by atoms with E-state index >= 15 is 0 Å². The third-order valence-corrected chi connectivity index (χ3v) is 5.46. The van der Waals surface area contributed by atoms with Gasteiger partial charge in [0.05, 0.1) is 11.4 Å². The highest BCUT2D eigenvalue weighted by Gasteiger charge is 2.25. The maximum atomic E-state index is 12.4. The van der Waals surface area contributed by atoms with Crippen LogP contribution in [0, 0.1) is 6.92 Å². The van der Waals surface area contributed by atoms with Gasteiger partial charge in [0.15, 0.2) is 0 Å². The topological polar surface area (TPSA) is 105 Å². The molecule has 2 amide bonds. The molecule has 1 aliphatic heterocycles. The van der Waals surface area contributed by atoms with Crippen molar-refractivity contribution in [3.63, 3.8) is 0 Å². The number of nitrogens with zero attached hydrogens (tertiary/aromatic N) is 1. The van der Waals surface area contributed by atoms with Gasteiger partial charge in [-0.3, -0.25) is 20.4 Å². The average Bonchev–Trinajstić information content (AvgIpc) is 3.07. The summed E-state index contributed by atoms with van der Waals surface area (Å²) in [6, 6.07) is 6.34. The van der Waals surface area contributed by atoms with Gasteiger partial charge in [-0.25, -0.2) is 8.42 Å². The Labute approximate surface area is 141 Å². The number of carbonyl (C=O) groups excluding carboxylic acids is 2. The smallest absolute Gasteiger partial charge is 0.267 e. The van der Waals surface area contributed by atoms with Crippen LogP contribution in [-0.4, -0.2) is 50.8 Å². The van der Waals surface area contributed by atoms with Gasteiger partial charge < -0.3 is 4.74 Å². The lowest BCUT2D eigenvalue weighted by Crippen LogP contribution is -2.49. The van der Waals surface area contributed by atoms with Crippen LogP contribution in [0.2, 0.25) is 0 Å². The number of ether oxygens (including phenoxy) is 1. The van der Waals surface area contributed by atoms with Crippen molar-refractivity contribution in [3.8, 4) is 0 Å². The number of benzene rings is 1. The van der Waals surface area contributed by atoms with Crippen molar-refractivity contribution >= 4 is 21.8 Å². The molecule has 0 saturated carbocycles. The third kappa shape index (κ3) is 4.53. The van der Waals surface area contributed by atoms with Crippen molar-refractivity contribution in [1.82, 2.24) is 15.2 Å². The van der Waals surface area contributed by atoms with Crippen molar-refractivity contribution in [2.24, 2.45) is 0 Å². The fourth-order valence-electron chi connectivity index (χ4n) is 2.21. The molecule has 0 aliphatic carbocycles. The number of amides is 2. The summed E-state index contributed by atoms with van der Waals surface area (Å²) in [7, 11) is -2.47. The predicted molar refractivity (Wildman–Crippen MR) is 86.3 cm³/mol. The van der Waals surface area contributed by atoms with E-state index in [0.29, 0.717) is 13.0 Å². The Hall–Kier alpha value is -1.97. The van der Waals surface area contributed by atoms with Crippen LogP contribution in [0.1, 0.15) is 18.4 Å². The fourth-order valence-corrected chi connectivity index (χ4v) is 3.34. The highest BCUT2D eigenvalue weighted by atomic mass is 32.2. The summed E-state index contributed by atoms with van der Waals surface area (Å²) >= 11 is 0. The number of rotatable bonds is 5. The first-order valence-corrected chi connectivity index (χ1v) is 8.98. The van der Waals surface area contributed by atoms with Gasteiger partial charge >= 0.3 is 0 Å². The zero-order valence-corrected chi connectivity index (χ0v) is 14.4. The molecule has 1 atom stereocenters. The SMILES string of the molecule is Cc1ccc(S(=O)(=O)N(C)CC(=O)NNC(=O)[C@@H]2CCCO2)cc1. The third-order valence-electron chi connectivity index (χ3n) is 3.64. The van der Waals surface area contributed by atoms with Crippen LogP contribution < -0.4 is 10.9 Å². The maximum Gasteiger partial charge on any atom is 0.267 e. The first kappa shape index (κ1) is 18.4. The Morgan fingerprint density at radius 3 is 2.50 bits per heavy atom. The first-order chi connectivity index (χ1) is 11.3. The average molecular weight is 355 g/mol. The van der Waals surface area contributed by atoms with E-state index in [0.717, 1.165) is 16.3 Å². The van der Waals surface area contributed by atoms with Crippen molar-refractivity contribution in [3.05, 3.63) is 29.8 Å². The minimum atomic E-state index is -3.77. The Balaban J connectivity index is 1.88. The molecule has 0 aromatic heterocycles. The molecule has 1 heterocycles. The number of sulfonamides is 1. The van der Waals surface area contributed by atoms with Gasteiger partial charge in [-0.2, -0.15) is 4.31 Å². The fraction of sp³-hybridized carbons (Fsp3) is 0.467. The summed E-state index contributed by atoms with van der Waals surface area (Å²) in [6.07, 6.45) is 0.826. The van der Waals surface area contributed by atoms with E-state index in [9.17, 15) is 18.0 Å². The summed E-state index contributed by atoms with van der Waals surface area (Å²) < 4.78 is 30.8. The second kappa shape index (κ2) is 7.73. The monoisotopic (exact) mass is 355 g/mol. The molecule has 2 N–H and O–H groups in total. The minimum absolute atomic E-state index is 0.104. The molecule has 9 heteroatoms. The molecule has 24 heavy (non-hydrogen) atoms. The van der Waals surface area contributed by atoms with E-state index in [1.165, 1.54) is 19.2 Å². The largest absolute Gasteiger partial charge is 0.368 e. The lowest BCUT2D eigenvalue weighted by molar-refractivity contribution is -0.134. The lowest BCUT2D eigenvalue weighted by atomic mass is 10.2. The molecule has 1 aromatic carbocycles. The van der Waals surface area contributed by atoms with Crippen LogP contribution in [0.4, 0.5) is 0 Å². The summed E-state index contributed by atoms with van der Waals surface area (Å²) in [5.74, 6) is -1.08. The molecule has 1 fully saturated rings. The van der Waals surface area contributed by atoms with Gasteiger partial charge in [0.2, 0.25) is 10.0 Å². The molecular weight excluding hydrogens is 334 g/mol. The second-order valence-electron chi connectivity index (χ2n) is 5.61. The van der Waals surface area contributed by atoms with Gasteiger partial charge in [-0.1, -0.05) is 17.7 Å². The van der Waals surface area contributed by atoms with Crippen LogP contribution in [0.5, 0.6) is 0 Å². The zero-order valence-electron chi connectivity index (χ0n) is 13.6. The molecule has 0 radical (unpaired) electrons. The van der Waals surface area contributed by atoms with Crippen LogP contribution in [0.25, 0.3) is 0 Å². The van der Waals surface area contributed by atoms with Crippen molar-refractivity contribution in [2.45, 2.75) is 30.8 Å². The van der Waals surface area contributed by atoms with E-state index in [1.54, 1.807) is 12.1 Å².